The van der Waals surface area contributed by atoms with Crippen LogP contribution in [-0.2, 0) is 14.8 Å². The molecule has 7 nitrogen and oxygen atoms in total. The molecule has 0 spiro atoms. The highest BCUT2D eigenvalue weighted by atomic mass is 32.2. The molecule has 0 radical (unpaired) electrons. The molecule has 0 aromatic heterocycles. The minimum atomic E-state index is -3.96. The molecule has 0 aliphatic rings. The second-order valence-electron chi connectivity index (χ2n) is 6.65. The molecule has 0 atom stereocenters. The van der Waals surface area contributed by atoms with E-state index in [0.29, 0.717) is 16.9 Å². The molecule has 0 heterocycles. The number of aryl methyl sites for hydroxylation is 1. The minimum Gasteiger partial charge on any atom is -0.366 e. The lowest BCUT2D eigenvalue weighted by Crippen LogP contribution is -2.38. The monoisotopic (exact) mass is 423 g/mol. The zero-order chi connectivity index (χ0) is 21.7. The normalized spacial score (nSPS) is 11.0. The van der Waals surface area contributed by atoms with Gasteiger partial charge < -0.3 is 11.1 Å². The van der Waals surface area contributed by atoms with E-state index in [0.717, 1.165) is 9.87 Å². The number of nitrogens with one attached hydrogen (secondary N) is 1. The third-order valence-electron chi connectivity index (χ3n) is 4.39. The quantitative estimate of drug-likeness (QED) is 0.609. The SMILES string of the molecule is Cc1ccc(N(CC(=O)Nc2ccc(C(N)=O)cc2)S(=O)(=O)c2ccccc2)cc1. The molecule has 0 aliphatic carbocycles. The molecule has 0 unspecified atom stereocenters. The lowest BCUT2D eigenvalue weighted by atomic mass is 10.2. The first-order valence-corrected chi connectivity index (χ1v) is 10.6. The number of nitrogens with zero attached hydrogens (tertiary/aromatic N) is 1. The van der Waals surface area contributed by atoms with E-state index < -0.39 is 28.4 Å². The molecular weight excluding hydrogens is 402 g/mol. The lowest BCUT2D eigenvalue weighted by molar-refractivity contribution is -0.114. The van der Waals surface area contributed by atoms with Gasteiger partial charge in [-0.1, -0.05) is 35.9 Å². The van der Waals surface area contributed by atoms with Crippen molar-refractivity contribution in [2.75, 3.05) is 16.2 Å². The van der Waals surface area contributed by atoms with E-state index in [9.17, 15) is 18.0 Å². The fourth-order valence-corrected chi connectivity index (χ4v) is 4.24. The van der Waals surface area contributed by atoms with Crippen LogP contribution in [0.3, 0.4) is 0 Å². The van der Waals surface area contributed by atoms with Crippen molar-refractivity contribution in [1.29, 1.82) is 0 Å². The molecule has 0 fully saturated rings. The maximum Gasteiger partial charge on any atom is 0.264 e. The first kappa shape index (κ1) is 21.1. The van der Waals surface area contributed by atoms with Gasteiger partial charge in [-0.2, -0.15) is 0 Å². The Kier molecular flexibility index (Phi) is 6.17. The highest BCUT2D eigenvalue weighted by molar-refractivity contribution is 7.92. The summed E-state index contributed by atoms with van der Waals surface area (Å²) < 4.78 is 27.5. The van der Waals surface area contributed by atoms with Crippen molar-refractivity contribution in [2.45, 2.75) is 11.8 Å². The number of anilines is 2. The number of hydrogen-bond acceptors (Lipinski definition) is 4. The van der Waals surface area contributed by atoms with Gasteiger partial charge in [-0.05, 0) is 55.5 Å². The van der Waals surface area contributed by atoms with Crippen LogP contribution in [0.5, 0.6) is 0 Å². The van der Waals surface area contributed by atoms with E-state index >= 15 is 0 Å². The smallest absolute Gasteiger partial charge is 0.264 e. The number of carbonyl (C=O) groups excluding carboxylic acids is 2. The van der Waals surface area contributed by atoms with Gasteiger partial charge in [0.1, 0.15) is 6.54 Å². The van der Waals surface area contributed by atoms with Crippen molar-refractivity contribution in [3.8, 4) is 0 Å². The summed E-state index contributed by atoms with van der Waals surface area (Å²) in [5.74, 6) is -1.10. The van der Waals surface area contributed by atoms with Crippen LogP contribution in [0.1, 0.15) is 15.9 Å². The van der Waals surface area contributed by atoms with Crippen LogP contribution in [0.15, 0.2) is 83.8 Å². The predicted molar refractivity (Wildman–Crippen MR) is 116 cm³/mol. The van der Waals surface area contributed by atoms with Crippen LogP contribution in [0.25, 0.3) is 0 Å². The number of hydrogen-bond donors (Lipinski definition) is 2. The van der Waals surface area contributed by atoms with Crippen LogP contribution >= 0.6 is 0 Å². The molecule has 2 amide bonds. The fourth-order valence-electron chi connectivity index (χ4n) is 2.79. The van der Waals surface area contributed by atoms with Gasteiger partial charge in [0, 0.05) is 11.3 Å². The van der Waals surface area contributed by atoms with Gasteiger partial charge in [0.05, 0.1) is 10.6 Å². The van der Waals surface area contributed by atoms with Crippen LogP contribution in [0.4, 0.5) is 11.4 Å². The third kappa shape index (κ3) is 4.84. The van der Waals surface area contributed by atoms with Crippen LogP contribution in [0, 0.1) is 6.92 Å². The molecule has 3 rings (SSSR count). The predicted octanol–water partition coefficient (Wildman–Crippen LogP) is 2.93. The van der Waals surface area contributed by atoms with Crippen molar-refractivity contribution in [3.05, 3.63) is 90.0 Å². The lowest BCUT2D eigenvalue weighted by Gasteiger charge is -2.24. The maximum atomic E-state index is 13.2. The summed E-state index contributed by atoms with van der Waals surface area (Å²) in [6.45, 7) is 1.47. The van der Waals surface area contributed by atoms with Crippen molar-refractivity contribution in [3.63, 3.8) is 0 Å². The number of amides is 2. The molecule has 30 heavy (non-hydrogen) atoms. The van der Waals surface area contributed by atoms with E-state index in [1.807, 2.05) is 6.92 Å². The van der Waals surface area contributed by atoms with Gasteiger partial charge in [-0.3, -0.25) is 13.9 Å². The van der Waals surface area contributed by atoms with Gasteiger partial charge in [0.25, 0.3) is 10.0 Å². The number of primary amides is 1. The molecular formula is C22H21N3O4S. The van der Waals surface area contributed by atoms with Gasteiger partial charge in [-0.15, -0.1) is 0 Å². The third-order valence-corrected chi connectivity index (χ3v) is 6.18. The van der Waals surface area contributed by atoms with E-state index in [4.69, 9.17) is 5.73 Å². The summed E-state index contributed by atoms with van der Waals surface area (Å²) in [5.41, 5.74) is 7.28. The van der Waals surface area contributed by atoms with Crippen LogP contribution < -0.4 is 15.4 Å². The summed E-state index contributed by atoms with van der Waals surface area (Å²) in [6.07, 6.45) is 0. The molecule has 3 N–H and O–H groups in total. The number of sulfonamides is 1. The Bertz CT molecular complexity index is 1140. The number of nitrogens with two attached hydrogens (primary N) is 1. The van der Waals surface area contributed by atoms with E-state index in [-0.39, 0.29) is 4.90 Å². The van der Waals surface area contributed by atoms with Crippen molar-refractivity contribution >= 4 is 33.2 Å². The minimum absolute atomic E-state index is 0.0872. The van der Waals surface area contributed by atoms with Gasteiger partial charge in [0.2, 0.25) is 11.8 Å². The van der Waals surface area contributed by atoms with Gasteiger partial charge in [-0.25, -0.2) is 8.42 Å². The van der Waals surface area contributed by atoms with E-state index in [1.54, 1.807) is 42.5 Å². The maximum absolute atomic E-state index is 13.2. The Morgan fingerprint density at radius 2 is 1.50 bits per heavy atom. The molecule has 8 heteroatoms. The topological polar surface area (TPSA) is 110 Å². The molecule has 0 saturated carbocycles. The summed E-state index contributed by atoms with van der Waals surface area (Å²) >= 11 is 0. The zero-order valence-corrected chi connectivity index (χ0v) is 17.1. The summed E-state index contributed by atoms with van der Waals surface area (Å²) in [6, 6.07) is 20.8. The number of benzene rings is 3. The standard InChI is InChI=1S/C22H21N3O4S/c1-16-7-13-19(14-8-16)25(30(28,29)20-5-3-2-4-6-20)15-21(26)24-18-11-9-17(10-12-18)22(23)27/h2-14H,15H2,1H3,(H2,23,27)(H,24,26). The molecule has 154 valence electrons. The molecule has 3 aromatic carbocycles. The highest BCUT2D eigenvalue weighted by Gasteiger charge is 2.27. The Labute approximate surface area is 175 Å². The first-order chi connectivity index (χ1) is 14.3. The number of rotatable bonds is 7. The Morgan fingerprint density at radius 3 is 2.07 bits per heavy atom. The summed E-state index contributed by atoms with van der Waals surface area (Å²) in [4.78, 5) is 23.9. The second kappa shape index (κ2) is 8.79. The summed E-state index contributed by atoms with van der Waals surface area (Å²) in [7, 11) is -3.96. The fraction of sp³-hybridized carbons (Fsp3) is 0.0909. The largest absolute Gasteiger partial charge is 0.366 e. The zero-order valence-electron chi connectivity index (χ0n) is 16.3. The van der Waals surface area contributed by atoms with Gasteiger partial charge >= 0.3 is 0 Å². The second-order valence-corrected chi connectivity index (χ2v) is 8.51. The molecule has 0 bridgehead atoms. The average molecular weight is 423 g/mol. The van der Waals surface area contributed by atoms with E-state index in [1.165, 1.54) is 36.4 Å². The Hall–Kier alpha value is -3.65. The van der Waals surface area contributed by atoms with Crippen LogP contribution in [-0.4, -0.2) is 26.8 Å². The average Bonchev–Trinajstić information content (AvgIpc) is 2.74. The Balaban J connectivity index is 1.88. The molecule has 0 saturated heterocycles. The van der Waals surface area contributed by atoms with E-state index in [2.05, 4.69) is 5.32 Å². The van der Waals surface area contributed by atoms with Gasteiger partial charge in [0.15, 0.2) is 0 Å². The molecule has 3 aromatic rings. The Morgan fingerprint density at radius 1 is 0.900 bits per heavy atom. The van der Waals surface area contributed by atoms with Crippen molar-refractivity contribution in [1.82, 2.24) is 0 Å². The van der Waals surface area contributed by atoms with Crippen molar-refractivity contribution in [2.24, 2.45) is 5.73 Å². The van der Waals surface area contributed by atoms with Crippen LogP contribution in [0.2, 0.25) is 0 Å². The highest BCUT2D eigenvalue weighted by Crippen LogP contribution is 2.24. The molecule has 0 aliphatic heterocycles. The van der Waals surface area contributed by atoms with Crippen molar-refractivity contribution < 1.29 is 18.0 Å². The summed E-state index contributed by atoms with van der Waals surface area (Å²) in [5, 5.41) is 2.65. The first-order valence-electron chi connectivity index (χ1n) is 9.11. The number of carbonyl (C=O) groups is 2.